The van der Waals surface area contributed by atoms with Crippen LogP contribution in [0.2, 0.25) is 0 Å². The van der Waals surface area contributed by atoms with E-state index in [-0.39, 0.29) is 12.3 Å². The van der Waals surface area contributed by atoms with E-state index in [0.717, 1.165) is 22.1 Å². The molecule has 2 amide bonds. The third-order valence-corrected chi connectivity index (χ3v) is 4.22. The predicted molar refractivity (Wildman–Crippen MR) is 89.8 cm³/mol. The summed E-state index contributed by atoms with van der Waals surface area (Å²) in [6.45, 7) is 3.09. The molecule has 0 radical (unpaired) electrons. The van der Waals surface area contributed by atoms with E-state index in [1.54, 1.807) is 4.90 Å². The Morgan fingerprint density at radius 3 is 3.12 bits per heavy atom. The largest absolute Gasteiger partial charge is 0.346 e. The Balaban J connectivity index is 1.99. The van der Waals surface area contributed by atoms with E-state index in [1.807, 2.05) is 31.3 Å². The van der Waals surface area contributed by atoms with Crippen LogP contribution in [0.3, 0.4) is 0 Å². The third kappa shape index (κ3) is 2.86. The fourth-order valence-corrected chi connectivity index (χ4v) is 3.10. The third-order valence-electron chi connectivity index (χ3n) is 4.22. The van der Waals surface area contributed by atoms with Crippen LogP contribution in [0.15, 0.2) is 23.9 Å². The van der Waals surface area contributed by atoms with Gasteiger partial charge in [-0.15, -0.1) is 0 Å². The summed E-state index contributed by atoms with van der Waals surface area (Å²) in [7, 11) is 0. The van der Waals surface area contributed by atoms with E-state index in [2.05, 4.69) is 15.3 Å². The van der Waals surface area contributed by atoms with E-state index >= 15 is 0 Å². The Morgan fingerprint density at radius 2 is 2.42 bits per heavy atom. The van der Waals surface area contributed by atoms with Gasteiger partial charge in [-0.05, 0) is 36.6 Å². The molecule has 1 aliphatic rings. The minimum atomic E-state index is -0.138. The van der Waals surface area contributed by atoms with Crippen molar-refractivity contribution in [3.05, 3.63) is 29.5 Å². The summed E-state index contributed by atoms with van der Waals surface area (Å²) in [5.74, 6) is 0.346. The molecule has 1 aliphatic heterocycles. The lowest BCUT2D eigenvalue weighted by Crippen LogP contribution is -2.36. The van der Waals surface area contributed by atoms with Crippen LogP contribution in [0.5, 0.6) is 0 Å². The zero-order valence-corrected chi connectivity index (χ0v) is 13.3. The Hall–Kier alpha value is -3.14. The number of nitrogens with one attached hydrogen (secondary N) is 2. The maximum absolute atomic E-state index is 11.9. The highest BCUT2D eigenvalue weighted by Gasteiger charge is 2.23. The van der Waals surface area contributed by atoms with Crippen LogP contribution in [-0.2, 0) is 9.59 Å². The first-order valence-corrected chi connectivity index (χ1v) is 7.66. The number of nitrogens with zero attached hydrogens (tertiary/aromatic N) is 3. The highest BCUT2D eigenvalue weighted by Crippen LogP contribution is 2.33. The second-order valence-electron chi connectivity index (χ2n) is 5.72. The first-order chi connectivity index (χ1) is 11.6. The maximum Gasteiger partial charge on any atom is 0.237 e. The molecular weight excluding hydrogens is 306 g/mol. The normalized spacial score (nSPS) is 14.6. The SMILES string of the molecule is CC1=C(c2cc(NC=O)nc3[nH]ccc23)CCN(C(=O)CC#N)C1. The molecule has 122 valence electrons. The minimum absolute atomic E-state index is 0.0900. The molecule has 2 aromatic heterocycles. The van der Waals surface area contributed by atoms with Gasteiger partial charge in [-0.3, -0.25) is 9.59 Å². The zero-order chi connectivity index (χ0) is 17.1. The van der Waals surface area contributed by atoms with Crippen LogP contribution in [0.25, 0.3) is 16.6 Å². The van der Waals surface area contributed by atoms with Crippen molar-refractivity contribution in [1.82, 2.24) is 14.9 Å². The summed E-state index contributed by atoms with van der Waals surface area (Å²) >= 11 is 0. The number of anilines is 1. The number of carbonyl (C=O) groups is 2. The molecule has 7 nitrogen and oxygen atoms in total. The Labute approximate surface area is 139 Å². The monoisotopic (exact) mass is 323 g/mol. The fourth-order valence-electron chi connectivity index (χ4n) is 3.10. The highest BCUT2D eigenvalue weighted by molar-refractivity contribution is 5.94. The molecule has 2 N–H and O–H groups in total. The van der Waals surface area contributed by atoms with Crippen molar-refractivity contribution < 1.29 is 9.59 Å². The van der Waals surface area contributed by atoms with Gasteiger partial charge in [-0.2, -0.15) is 5.26 Å². The Kier molecular flexibility index (Phi) is 4.29. The number of hydrogen-bond acceptors (Lipinski definition) is 4. The van der Waals surface area contributed by atoms with Gasteiger partial charge in [-0.1, -0.05) is 5.57 Å². The number of rotatable bonds is 4. The van der Waals surface area contributed by atoms with E-state index in [4.69, 9.17) is 5.26 Å². The van der Waals surface area contributed by atoms with Gasteiger partial charge in [0.15, 0.2) is 0 Å². The molecule has 7 heteroatoms. The van der Waals surface area contributed by atoms with E-state index < -0.39 is 0 Å². The second-order valence-corrected chi connectivity index (χ2v) is 5.72. The predicted octanol–water partition coefficient (Wildman–Crippen LogP) is 2.05. The quantitative estimate of drug-likeness (QED) is 0.841. The topological polar surface area (TPSA) is 102 Å². The van der Waals surface area contributed by atoms with Crippen molar-refractivity contribution in [3.63, 3.8) is 0 Å². The molecule has 0 aromatic carbocycles. The van der Waals surface area contributed by atoms with Crippen molar-refractivity contribution in [2.75, 3.05) is 18.4 Å². The van der Waals surface area contributed by atoms with Crippen LogP contribution >= 0.6 is 0 Å². The average molecular weight is 323 g/mol. The van der Waals surface area contributed by atoms with Gasteiger partial charge in [0.1, 0.15) is 17.9 Å². The molecule has 0 saturated heterocycles. The molecular formula is C17H17N5O2. The lowest BCUT2D eigenvalue weighted by Gasteiger charge is -2.29. The number of carbonyl (C=O) groups excluding carboxylic acids is 2. The van der Waals surface area contributed by atoms with Crippen molar-refractivity contribution >= 4 is 34.7 Å². The molecule has 0 unspecified atom stereocenters. The van der Waals surface area contributed by atoms with Crippen LogP contribution in [0, 0.1) is 11.3 Å². The van der Waals surface area contributed by atoms with Crippen LogP contribution in [0.1, 0.15) is 25.3 Å². The molecule has 3 rings (SSSR count). The summed E-state index contributed by atoms with van der Waals surface area (Å²) in [6.07, 6.45) is 3.03. The van der Waals surface area contributed by atoms with Crippen molar-refractivity contribution in [2.24, 2.45) is 0 Å². The van der Waals surface area contributed by atoms with Gasteiger partial charge in [0.05, 0.1) is 6.07 Å². The summed E-state index contributed by atoms with van der Waals surface area (Å²) < 4.78 is 0. The maximum atomic E-state index is 11.9. The van der Waals surface area contributed by atoms with Gasteiger partial charge in [0.25, 0.3) is 0 Å². The molecule has 0 saturated carbocycles. The molecule has 0 spiro atoms. The van der Waals surface area contributed by atoms with E-state index in [0.29, 0.717) is 37.4 Å². The van der Waals surface area contributed by atoms with Gasteiger partial charge in [-0.25, -0.2) is 4.98 Å². The van der Waals surface area contributed by atoms with Crippen LogP contribution in [0.4, 0.5) is 5.82 Å². The first kappa shape index (κ1) is 15.7. The lowest BCUT2D eigenvalue weighted by molar-refractivity contribution is -0.129. The van der Waals surface area contributed by atoms with Crippen LogP contribution in [-0.4, -0.2) is 40.3 Å². The van der Waals surface area contributed by atoms with Gasteiger partial charge in [0.2, 0.25) is 12.3 Å². The Morgan fingerprint density at radius 1 is 1.58 bits per heavy atom. The zero-order valence-electron chi connectivity index (χ0n) is 13.3. The second kappa shape index (κ2) is 6.54. The number of amides is 2. The highest BCUT2D eigenvalue weighted by atomic mass is 16.2. The molecule has 0 aliphatic carbocycles. The van der Waals surface area contributed by atoms with E-state index in [1.165, 1.54) is 0 Å². The standard InChI is InChI=1S/C17H17N5O2/c1-11-9-22(16(24)2-5-18)7-4-12(11)14-8-15(20-10-23)21-17-13(14)3-6-19-17/h3,6,8,10H,2,4,7,9H2,1H3,(H2,19,20,21,23). The Bertz CT molecular complexity index is 875. The molecule has 2 aromatic rings. The van der Waals surface area contributed by atoms with Gasteiger partial charge in [0, 0.05) is 24.7 Å². The first-order valence-electron chi connectivity index (χ1n) is 7.66. The van der Waals surface area contributed by atoms with E-state index in [9.17, 15) is 9.59 Å². The van der Waals surface area contributed by atoms with Crippen molar-refractivity contribution in [2.45, 2.75) is 19.8 Å². The van der Waals surface area contributed by atoms with Gasteiger partial charge < -0.3 is 15.2 Å². The fraction of sp³-hybridized carbons (Fsp3) is 0.294. The molecule has 0 bridgehead atoms. The number of fused-ring (bicyclic) bond motifs is 1. The van der Waals surface area contributed by atoms with Crippen molar-refractivity contribution in [3.8, 4) is 6.07 Å². The molecule has 0 fully saturated rings. The molecule has 0 atom stereocenters. The number of hydrogen-bond donors (Lipinski definition) is 2. The van der Waals surface area contributed by atoms with Crippen molar-refractivity contribution in [1.29, 1.82) is 5.26 Å². The number of aromatic nitrogens is 2. The number of aromatic amines is 1. The minimum Gasteiger partial charge on any atom is -0.346 e. The summed E-state index contributed by atoms with van der Waals surface area (Å²) in [4.78, 5) is 31.8. The molecule has 24 heavy (non-hydrogen) atoms. The van der Waals surface area contributed by atoms with Gasteiger partial charge >= 0.3 is 0 Å². The van der Waals surface area contributed by atoms with Crippen LogP contribution < -0.4 is 5.32 Å². The number of nitriles is 1. The summed E-state index contributed by atoms with van der Waals surface area (Å²) in [6, 6.07) is 5.72. The average Bonchev–Trinajstić information content (AvgIpc) is 3.03. The lowest BCUT2D eigenvalue weighted by atomic mass is 9.92. The number of H-pyrrole nitrogens is 1. The molecule has 3 heterocycles. The smallest absolute Gasteiger partial charge is 0.237 e. The number of pyridine rings is 1. The summed E-state index contributed by atoms with van der Waals surface area (Å²) in [5, 5.41) is 12.3. The summed E-state index contributed by atoms with van der Waals surface area (Å²) in [5.41, 5.74) is 3.95.